The van der Waals surface area contributed by atoms with Gasteiger partial charge in [-0.1, -0.05) is 11.6 Å². The van der Waals surface area contributed by atoms with E-state index in [2.05, 4.69) is 5.32 Å². The number of ether oxygens (including phenoxy) is 1. The van der Waals surface area contributed by atoms with Crippen LogP contribution in [0.5, 0.6) is 5.75 Å². The molecule has 5 rings (SSSR count). The van der Waals surface area contributed by atoms with Gasteiger partial charge in [0.1, 0.15) is 23.1 Å². The lowest BCUT2D eigenvalue weighted by atomic mass is 9.87. The molecule has 8 nitrogen and oxygen atoms in total. The largest absolute Gasteiger partial charge is 0.497 e. The van der Waals surface area contributed by atoms with E-state index in [-0.39, 0.29) is 43.2 Å². The highest BCUT2D eigenvalue weighted by Gasteiger charge is 2.46. The van der Waals surface area contributed by atoms with E-state index in [1.807, 2.05) is 0 Å². The summed E-state index contributed by atoms with van der Waals surface area (Å²) in [6.07, 6.45) is 2.24. The molecule has 3 aromatic rings. The molecule has 41 heavy (non-hydrogen) atoms. The average Bonchev–Trinajstić information content (AvgIpc) is 3.55. The van der Waals surface area contributed by atoms with Crippen LogP contribution in [0.4, 0.5) is 14.5 Å². The number of benzene rings is 2. The number of anilines is 1. The zero-order chi connectivity index (χ0) is 29.4. The molecular formula is C30H30ClF2N3O5. The number of hydrogen-bond acceptors (Lipinski definition) is 5. The first-order valence-electron chi connectivity index (χ1n) is 13.4. The monoisotopic (exact) mass is 585 g/mol. The second-order valence-electron chi connectivity index (χ2n) is 10.3. The maximum Gasteiger partial charge on any atom is 0.275 e. The summed E-state index contributed by atoms with van der Waals surface area (Å²) in [6.45, 7) is 1.20. The van der Waals surface area contributed by atoms with Crippen LogP contribution in [0.3, 0.4) is 0 Å². The first-order valence-corrected chi connectivity index (χ1v) is 13.8. The Labute approximate surface area is 240 Å². The Morgan fingerprint density at radius 3 is 2.46 bits per heavy atom. The van der Waals surface area contributed by atoms with E-state index in [4.69, 9.17) is 16.3 Å². The van der Waals surface area contributed by atoms with Crippen LogP contribution >= 0.6 is 11.6 Å². The van der Waals surface area contributed by atoms with E-state index >= 15 is 8.78 Å². The summed E-state index contributed by atoms with van der Waals surface area (Å²) in [5, 5.41) is 12.8. The third kappa shape index (κ3) is 5.22. The molecule has 2 heterocycles. The van der Waals surface area contributed by atoms with Crippen molar-refractivity contribution in [2.24, 2.45) is 5.92 Å². The van der Waals surface area contributed by atoms with Gasteiger partial charge < -0.3 is 24.6 Å². The number of carbonyl (C=O) groups is 2. The molecule has 216 valence electrons. The minimum atomic E-state index is -1.07. The van der Waals surface area contributed by atoms with Crippen LogP contribution in [0, 0.1) is 24.5 Å². The highest BCUT2D eigenvalue weighted by molar-refractivity contribution is 6.30. The molecule has 11 heteroatoms. The Kier molecular flexibility index (Phi) is 8.15. The van der Waals surface area contributed by atoms with Crippen LogP contribution in [0.15, 0.2) is 41.2 Å². The first kappa shape index (κ1) is 28.8. The van der Waals surface area contributed by atoms with Gasteiger partial charge in [0.25, 0.3) is 11.5 Å². The van der Waals surface area contributed by atoms with Crippen LogP contribution in [-0.4, -0.2) is 48.3 Å². The molecule has 1 saturated heterocycles. The van der Waals surface area contributed by atoms with E-state index < -0.39 is 40.8 Å². The number of pyridine rings is 1. The maximum absolute atomic E-state index is 15.3. The van der Waals surface area contributed by atoms with Crippen molar-refractivity contribution in [1.82, 2.24) is 9.88 Å². The van der Waals surface area contributed by atoms with Gasteiger partial charge in [-0.05, 0) is 61.6 Å². The van der Waals surface area contributed by atoms with Crippen LogP contribution in [0.25, 0.3) is 0 Å². The summed E-state index contributed by atoms with van der Waals surface area (Å²) < 4.78 is 37.2. The van der Waals surface area contributed by atoms with Crippen molar-refractivity contribution in [2.75, 3.05) is 31.7 Å². The van der Waals surface area contributed by atoms with E-state index in [1.165, 1.54) is 28.7 Å². The molecule has 1 aliphatic carbocycles. The molecule has 2 N–H and O–H groups in total. The molecule has 2 aromatic carbocycles. The normalized spacial score (nSPS) is 18.1. The number of nitrogens with zero attached hydrogens (tertiary/aromatic N) is 2. The zero-order valence-electron chi connectivity index (χ0n) is 22.7. The fraction of sp³-hybridized carbons (Fsp3) is 0.367. The van der Waals surface area contributed by atoms with Gasteiger partial charge in [0.05, 0.1) is 19.6 Å². The first-order chi connectivity index (χ1) is 19.7. The van der Waals surface area contributed by atoms with Crippen molar-refractivity contribution in [3.63, 3.8) is 0 Å². The fourth-order valence-electron chi connectivity index (χ4n) is 6.09. The molecule has 0 radical (unpaired) electrons. The van der Waals surface area contributed by atoms with Crippen LogP contribution < -0.4 is 20.5 Å². The number of nitrogens with one attached hydrogen (secondary N) is 1. The average molecular weight is 586 g/mol. The van der Waals surface area contributed by atoms with Crippen molar-refractivity contribution in [1.29, 1.82) is 0 Å². The smallest absolute Gasteiger partial charge is 0.275 e. The Bertz CT molecular complexity index is 1550. The Hall–Kier alpha value is -3.76. The van der Waals surface area contributed by atoms with Gasteiger partial charge in [-0.2, -0.15) is 0 Å². The van der Waals surface area contributed by atoms with E-state index in [1.54, 1.807) is 19.1 Å². The van der Waals surface area contributed by atoms with Crippen molar-refractivity contribution in [2.45, 2.75) is 38.6 Å². The summed E-state index contributed by atoms with van der Waals surface area (Å²) >= 11 is 5.92. The lowest BCUT2D eigenvalue weighted by Gasteiger charge is -2.23. The van der Waals surface area contributed by atoms with Gasteiger partial charge >= 0.3 is 0 Å². The van der Waals surface area contributed by atoms with Crippen LogP contribution in [0.2, 0.25) is 5.02 Å². The Balaban J connectivity index is 1.56. The van der Waals surface area contributed by atoms with Gasteiger partial charge in [0, 0.05) is 59.5 Å². The second-order valence-corrected chi connectivity index (χ2v) is 10.8. The van der Waals surface area contributed by atoms with Crippen molar-refractivity contribution < 1.29 is 28.2 Å². The van der Waals surface area contributed by atoms with Crippen molar-refractivity contribution in [3.05, 3.63) is 91.4 Å². The number of fused-ring (bicyclic) bond motifs is 1. The minimum absolute atomic E-state index is 0.0149. The van der Waals surface area contributed by atoms with Crippen molar-refractivity contribution in [3.8, 4) is 5.75 Å². The van der Waals surface area contributed by atoms with Gasteiger partial charge in [0.2, 0.25) is 5.91 Å². The van der Waals surface area contributed by atoms with Crippen LogP contribution in [-0.2, 0) is 24.2 Å². The summed E-state index contributed by atoms with van der Waals surface area (Å²) in [5.74, 6) is -4.90. The maximum atomic E-state index is 15.3. The molecule has 0 bridgehead atoms. The standard InChI is InChI=1S/C30H30ClF2N3O5/c1-16-20-4-3-5-25(20)35(10-11-37)30(40)27(16)36-15-22(26-23(32)12-19(41-2)13-24(26)33)21(29(36)39)14-34-28(38)17-6-8-18(31)9-7-17/h6-9,12-13,21-22,37H,3-5,10-11,14-15H2,1-2H3,(H,34,38)/t21?,22-/m1/s1. The number of aromatic nitrogens is 1. The number of methoxy groups -OCH3 is 1. The minimum Gasteiger partial charge on any atom is -0.497 e. The predicted molar refractivity (Wildman–Crippen MR) is 150 cm³/mol. The van der Waals surface area contributed by atoms with Gasteiger partial charge in [0.15, 0.2) is 0 Å². The van der Waals surface area contributed by atoms with Gasteiger partial charge in [-0.3, -0.25) is 14.4 Å². The van der Waals surface area contributed by atoms with E-state index in [0.29, 0.717) is 29.0 Å². The number of amides is 2. The SMILES string of the molecule is COc1cc(F)c([C@@H]2CN(c3c(C)c4c(n(CCO)c3=O)CCC4)C(=O)C2CNC(=O)c2ccc(Cl)cc2)c(F)c1. The molecule has 1 aromatic heterocycles. The fourth-order valence-corrected chi connectivity index (χ4v) is 6.21. The lowest BCUT2D eigenvalue weighted by molar-refractivity contribution is -0.120. The predicted octanol–water partition coefficient (Wildman–Crippen LogP) is 3.75. The number of aliphatic hydroxyl groups excluding tert-OH is 1. The summed E-state index contributed by atoms with van der Waals surface area (Å²) in [4.78, 5) is 41.9. The molecule has 0 saturated carbocycles. The number of aliphatic hydroxyl groups is 1. The summed E-state index contributed by atoms with van der Waals surface area (Å²) in [6, 6.07) is 8.25. The molecule has 1 aliphatic heterocycles. The number of halogens is 3. The van der Waals surface area contributed by atoms with E-state index in [0.717, 1.165) is 29.8 Å². The topological polar surface area (TPSA) is 101 Å². The molecule has 0 spiro atoms. The van der Waals surface area contributed by atoms with Crippen LogP contribution in [0.1, 0.15) is 45.1 Å². The zero-order valence-corrected chi connectivity index (χ0v) is 23.4. The van der Waals surface area contributed by atoms with E-state index in [9.17, 15) is 19.5 Å². The third-order valence-electron chi connectivity index (χ3n) is 8.06. The highest BCUT2D eigenvalue weighted by atomic mass is 35.5. The molecule has 1 fully saturated rings. The number of carbonyl (C=O) groups excluding carboxylic acids is 2. The molecule has 2 aliphatic rings. The quantitative estimate of drug-likeness (QED) is 0.419. The van der Waals surface area contributed by atoms with Gasteiger partial charge in [-0.25, -0.2) is 8.78 Å². The van der Waals surface area contributed by atoms with Gasteiger partial charge in [-0.15, -0.1) is 0 Å². The Morgan fingerprint density at radius 1 is 1.15 bits per heavy atom. The van der Waals surface area contributed by atoms with Crippen molar-refractivity contribution >= 4 is 29.1 Å². The highest BCUT2D eigenvalue weighted by Crippen LogP contribution is 2.41. The summed E-state index contributed by atoms with van der Waals surface area (Å²) in [7, 11) is 1.29. The summed E-state index contributed by atoms with van der Waals surface area (Å²) in [5.41, 5.74) is 2.11. The number of hydrogen-bond donors (Lipinski definition) is 2. The molecular weight excluding hydrogens is 556 g/mol. The Morgan fingerprint density at radius 2 is 1.83 bits per heavy atom. The number of rotatable bonds is 8. The molecule has 1 unspecified atom stereocenters. The second kappa shape index (κ2) is 11.6. The lowest BCUT2D eigenvalue weighted by Crippen LogP contribution is -2.39. The molecule has 2 amide bonds. The third-order valence-corrected chi connectivity index (χ3v) is 8.31. The molecule has 2 atom stereocenters.